The lowest BCUT2D eigenvalue weighted by Crippen LogP contribution is -1.97. The lowest BCUT2D eigenvalue weighted by atomic mass is 10.0. The van der Waals surface area contributed by atoms with Crippen molar-refractivity contribution < 1.29 is 18.3 Å². The number of ether oxygens (including phenoxy) is 2. The van der Waals surface area contributed by atoms with Crippen LogP contribution in [-0.2, 0) is 13.0 Å². The molecule has 4 aromatic rings. The van der Waals surface area contributed by atoms with E-state index in [1.807, 2.05) is 24.3 Å². The highest BCUT2D eigenvalue weighted by Gasteiger charge is 2.15. The third-order valence-corrected chi connectivity index (χ3v) is 6.26. The first-order chi connectivity index (χ1) is 18.1. The normalized spacial score (nSPS) is 11.1. The Morgan fingerprint density at radius 2 is 1.30 bits per heavy atom. The van der Waals surface area contributed by atoms with Gasteiger partial charge in [-0.1, -0.05) is 86.5 Å². The second-order valence-corrected chi connectivity index (χ2v) is 8.99. The monoisotopic (exact) mass is 498 g/mol. The van der Waals surface area contributed by atoms with Crippen LogP contribution in [0.4, 0.5) is 8.78 Å². The van der Waals surface area contributed by atoms with Gasteiger partial charge in [0.15, 0.2) is 11.6 Å². The number of allylic oxidation sites excluding steroid dienone is 1. The minimum atomic E-state index is -1.01. The Balaban J connectivity index is 1.35. The van der Waals surface area contributed by atoms with E-state index in [-0.39, 0.29) is 11.3 Å². The molecule has 4 aromatic carbocycles. The molecule has 0 bridgehead atoms. The number of benzene rings is 4. The Kier molecular flexibility index (Phi) is 9.09. The first kappa shape index (κ1) is 26.2. The zero-order valence-electron chi connectivity index (χ0n) is 21.3. The third kappa shape index (κ3) is 6.85. The summed E-state index contributed by atoms with van der Waals surface area (Å²) in [5, 5.41) is 0. The van der Waals surface area contributed by atoms with Crippen LogP contribution in [0, 0.1) is 11.6 Å². The maximum atomic E-state index is 14.6. The molecule has 0 aliphatic heterocycles. The summed E-state index contributed by atoms with van der Waals surface area (Å²) in [7, 11) is 0. The van der Waals surface area contributed by atoms with E-state index in [0.717, 1.165) is 23.3 Å². The summed E-state index contributed by atoms with van der Waals surface area (Å²) in [5.74, 6) is -1.31. The van der Waals surface area contributed by atoms with Gasteiger partial charge in [-0.15, -0.1) is 0 Å². The zero-order chi connectivity index (χ0) is 26.0. The second kappa shape index (κ2) is 12.9. The van der Waals surface area contributed by atoms with Crippen LogP contribution < -0.4 is 9.47 Å². The molecular weight excluding hydrogens is 466 g/mol. The number of aryl methyl sites for hydroxylation is 1. The molecule has 0 atom stereocenters. The molecule has 2 nitrogen and oxygen atoms in total. The summed E-state index contributed by atoms with van der Waals surface area (Å²) in [4.78, 5) is 0. The predicted molar refractivity (Wildman–Crippen MR) is 147 cm³/mol. The Morgan fingerprint density at radius 3 is 1.95 bits per heavy atom. The Hall–Kier alpha value is -3.92. The summed E-state index contributed by atoms with van der Waals surface area (Å²) >= 11 is 0. The highest BCUT2D eigenvalue weighted by molar-refractivity contribution is 5.66. The number of unbranched alkanes of at least 4 members (excludes halogenated alkanes) is 2. The van der Waals surface area contributed by atoms with E-state index in [2.05, 4.69) is 43.3 Å². The summed E-state index contributed by atoms with van der Waals surface area (Å²) in [5.41, 5.74) is 5.41. The van der Waals surface area contributed by atoms with E-state index in [1.54, 1.807) is 25.1 Å². The molecule has 4 heteroatoms. The maximum absolute atomic E-state index is 14.6. The molecule has 0 aliphatic carbocycles. The SMILES string of the molecule is CC=COc1ccc(-c2ccc(COc3ccc(-c4ccc(CCCCC)cc4)cc3)cc2)c(F)c1F. The zero-order valence-corrected chi connectivity index (χ0v) is 21.3. The fraction of sp³-hybridized carbons (Fsp3) is 0.212. The van der Waals surface area contributed by atoms with Gasteiger partial charge in [0.05, 0.1) is 6.26 Å². The van der Waals surface area contributed by atoms with Gasteiger partial charge in [0.25, 0.3) is 0 Å². The molecule has 4 rings (SSSR count). The Bertz CT molecular complexity index is 1310. The van der Waals surface area contributed by atoms with Gasteiger partial charge >= 0.3 is 0 Å². The van der Waals surface area contributed by atoms with Gasteiger partial charge < -0.3 is 9.47 Å². The van der Waals surface area contributed by atoms with Crippen LogP contribution in [0.25, 0.3) is 22.3 Å². The highest BCUT2D eigenvalue weighted by Crippen LogP contribution is 2.30. The summed E-state index contributed by atoms with van der Waals surface area (Å²) in [6.45, 7) is 4.33. The van der Waals surface area contributed by atoms with Crippen LogP contribution in [0.2, 0.25) is 0 Å². The fourth-order valence-electron chi connectivity index (χ4n) is 4.12. The maximum Gasteiger partial charge on any atom is 0.201 e. The molecule has 0 N–H and O–H groups in total. The molecule has 0 radical (unpaired) electrons. The van der Waals surface area contributed by atoms with Crippen LogP contribution in [-0.4, -0.2) is 0 Å². The molecule has 0 spiro atoms. The lowest BCUT2D eigenvalue weighted by Gasteiger charge is -2.10. The second-order valence-electron chi connectivity index (χ2n) is 8.99. The number of hydrogen-bond donors (Lipinski definition) is 0. The lowest BCUT2D eigenvalue weighted by molar-refractivity contribution is 0.306. The van der Waals surface area contributed by atoms with Gasteiger partial charge in [0.2, 0.25) is 5.82 Å². The summed E-state index contributed by atoms with van der Waals surface area (Å²) < 4.78 is 39.9. The smallest absolute Gasteiger partial charge is 0.201 e. The number of hydrogen-bond acceptors (Lipinski definition) is 2. The van der Waals surface area contributed by atoms with Crippen LogP contribution in [0.15, 0.2) is 97.3 Å². The molecule has 0 unspecified atom stereocenters. The van der Waals surface area contributed by atoms with Crippen LogP contribution in [0.1, 0.15) is 44.2 Å². The van der Waals surface area contributed by atoms with Crippen molar-refractivity contribution >= 4 is 0 Å². The van der Waals surface area contributed by atoms with Gasteiger partial charge in [-0.3, -0.25) is 0 Å². The average Bonchev–Trinajstić information content (AvgIpc) is 2.94. The van der Waals surface area contributed by atoms with Gasteiger partial charge in [-0.2, -0.15) is 4.39 Å². The van der Waals surface area contributed by atoms with Gasteiger partial charge in [0.1, 0.15) is 12.4 Å². The molecule has 0 heterocycles. The highest BCUT2D eigenvalue weighted by atomic mass is 19.2. The van der Waals surface area contributed by atoms with Crippen molar-refractivity contribution in [1.29, 1.82) is 0 Å². The van der Waals surface area contributed by atoms with Gasteiger partial charge in [-0.05, 0) is 71.8 Å². The van der Waals surface area contributed by atoms with E-state index in [4.69, 9.17) is 9.47 Å². The van der Waals surface area contributed by atoms with E-state index in [1.165, 1.54) is 48.8 Å². The molecule has 0 aliphatic rings. The summed E-state index contributed by atoms with van der Waals surface area (Å²) in [6.07, 6.45) is 7.79. The number of rotatable bonds is 11. The largest absolute Gasteiger partial charge is 0.489 e. The van der Waals surface area contributed by atoms with Crippen LogP contribution in [0.5, 0.6) is 11.5 Å². The minimum absolute atomic E-state index is 0.144. The minimum Gasteiger partial charge on any atom is -0.489 e. The first-order valence-electron chi connectivity index (χ1n) is 12.8. The standard InChI is InChI=1S/C33H32F2O2/c1-3-5-6-7-24-8-12-26(13-9-24)27-16-18-29(19-17-27)37-23-25-10-14-28(15-11-25)30-20-21-31(36-22-4-2)33(35)32(30)34/h4,8-22H,3,5-7,23H2,1-2H3. The molecular formula is C33H32F2O2. The van der Waals surface area contributed by atoms with Crippen LogP contribution in [0.3, 0.4) is 0 Å². The van der Waals surface area contributed by atoms with Crippen molar-refractivity contribution in [3.63, 3.8) is 0 Å². The van der Waals surface area contributed by atoms with Crippen molar-refractivity contribution in [3.8, 4) is 33.8 Å². The molecule has 0 saturated heterocycles. The van der Waals surface area contributed by atoms with Gasteiger partial charge in [0, 0.05) is 5.56 Å². The Morgan fingerprint density at radius 1 is 0.676 bits per heavy atom. The quantitative estimate of drug-likeness (QED) is 0.151. The van der Waals surface area contributed by atoms with Gasteiger partial charge in [-0.25, -0.2) is 4.39 Å². The molecule has 0 fully saturated rings. The van der Waals surface area contributed by atoms with Crippen LogP contribution >= 0.6 is 0 Å². The Labute approximate surface area is 218 Å². The summed E-state index contributed by atoms with van der Waals surface area (Å²) in [6, 6.07) is 27.0. The predicted octanol–water partition coefficient (Wildman–Crippen LogP) is 9.52. The van der Waals surface area contributed by atoms with Crippen molar-refractivity contribution in [2.45, 2.75) is 46.1 Å². The first-order valence-corrected chi connectivity index (χ1v) is 12.8. The van der Waals surface area contributed by atoms with E-state index in [0.29, 0.717) is 12.2 Å². The molecule has 0 amide bonds. The fourth-order valence-corrected chi connectivity index (χ4v) is 4.12. The van der Waals surface area contributed by atoms with Crippen molar-refractivity contribution in [1.82, 2.24) is 0 Å². The van der Waals surface area contributed by atoms with E-state index in [9.17, 15) is 8.78 Å². The molecule has 37 heavy (non-hydrogen) atoms. The van der Waals surface area contributed by atoms with E-state index >= 15 is 0 Å². The van der Waals surface area contributed by atoms with E-state index < -0.39 is 11.6 Å². The molecule has 0 saturated carbocycles. The molecule has 0 aromatic heterocycles. The molecule has 190 valence electrons. The number of halogens is 2. The van der Waals surface area contributed by atoms with Crippen molar-refractivity contribution in [3.05, 3.63) is 120 Å². The topological polar surface area (TPSA) is 18.5 Å². The third-order valence-electron chi connectivity index (χ3n) is 6.26. The average molecular weight is 499 g/mol. The van der Waals surface area contributed by atoms with Crippen molar-refractivity contribution in [2.24, 2.45) is 0 Å². The van der Waals surface area contributed by atoms with Crippen molar-refractivity contribution in [2.75, 3.05) is 0 Å².